The molecule has 2 unspecified atom stereocenters. The molecule has 0 spiro atoms. The summed E-state index contributed by atoms with van der Waals surface area (Å²) in [7, 11) is 1.76. The average molecular weight is 652 g/mol. The quantitative estimate of drug-likeness (QED) is 0.0704. The van der Waals surface area contributed by atoms with E-state index < -0.39 is 0 Å². The lowest BCUT2D eigenvalue weighted by atomic mass is 9.87. The Bertz CT molecular complexity index is 652. The maximum Gasteiger partial charge on any atom is 0.222 e. The zero-order chi connectivity index (χ0) is 34.5. The molecule has 0 aromatic carbocycles. The minimum atomic E-state index is -0.200. The van der Waals surface area contributed by atoms with Crippen LogP contribution < -0.4 is 5.32 Å². The Hall–Kier alpha value is -0.610. The van der Waals surface area contributed by atoms with Crippen LogP contribution in [0.2, 0.25) is 0 Å². The number of carbonyl (C=O) groups excluding carboxylic acids is 1. The van der Waals surface area contributed by atoms with Gasteiger partial charge in [0.15, 0.2) is 0 Å². The number of hydrogen-bond donors (Lipinski definition) is 1. The van der Waals surface area contributed by atoms with Crippen LogP contribution >= 0.6 is 0 Å². The maximum atomic E-state index is 13.2. The smallest absolute Gasteiger partial charge is 0.222 e. The molecule has 0 aliphatic carbocycles. The number of ether oxygens (including phenoxy) is 2. The first kappa shape index (κ1) is 45.4. The topological polar surface area (TPSA) is 47.6 Å². The molecule has 1 amide bonds. The van der Waals surface area contributed by atoms with Gasteiger partial charge in [-0.25, -0.2) is 0 Å². The molecule has 4 heteroatoms. The van der Waals surface area contributed by atoms with Gasteiger partial charge in [-0.1, -0.05) is 156 Å². The van der Waals surface area contributed by atoms with Gasteiger partial charge in [-0.15, -0.1) is 0 Å². The zero-order valence-corrected chi connectivity index (χ0v) is 33.0. The summed E-state index contributed by atoms with van der Waals surface area (Å²) in [6.45, 7) is 19.1. The molecule has 1 N–H and O–H groups in total. The SMILES string of the molecule is CCCCCCCCCCCCC(CCCCCCCCCCCC)CNC(=O)C(C)CC(C)CC(C)(C)OCCC(C)(C)OC. The molecule has 0 radical (unpaired) electrons. The lowest BCUT2D eigenvalue weighted by Gasteiger charge is -2.31. The Morgan fingerprint density at radius 3 is 1.46 bits per heavy atom. The van der Waals surface area contributed by atoms with Crippen LogP contribution in [0.1, 0.15) is 216 Å². The molecule has 0 aliphatic rings. The third kappa shape index (κ3) is 28.4. The highest BCUT2D eigenvalue weighted by Gasteiger charge is 2.26. The van der Waals surface area contributed by atoms with E-state index in [4.69, 9.17) is 9.47 Å². The van der Waals surface area contributed by atoms with Gasteiger partial charge in [0.25, 0.3) is 0 Å². The standard InChI is InChI=1S/C42H85NO3/c1-10-12-14-16-18-20-22-24-26-28-30-39(31-29-27-25-23-21-19-17-15-13-11-2)36-43-40(44)38(4)34-37(3)35-42(7,8)46-33-32-41(5,6)45-9/h37-39H,10-36H2,1-9H3,(H,43,44). The average Bonchev–Trinajstić information content (AvgIpc) is 3.00. The number of carbonyl (C=O) groups is 1. The first-order valence-electron chi connectivity index (χ1n) is 20.4. The number of hydrogen-bond acceptors (Lipinski definition) is 3. The van der Waals surface area contributed by atoms with E-state index in [0.29, 0.717) is 18.4 Å². The van der Waals surface area contributed by atoms with Crippen molar-refractivity contribution in [1.82, 2.24) is 5.32 Å². The number of unbranched alkanes of at least 4 members (excludes halogenated alkanes) is 18. The number of nitrogens with one attached hydrogen (secondary N) is 1. The summed E-state index contributed by atoms with van der Waals surface area (Å²) in [6.07, 6.45) is 33.0. The molecule has 276 valence electrons. The molecule has 0 saturated carbocycles. The van der Waals surface area contributed by atoms with Gasteiger partial charge >= 0.3 is 0 Å². The summed E-state index contributed by atoms with van der Waals surface area (Å²) in [5, 5.41) is 3.40. The Morgan fingerprint density at radius 1 is 0.630 bits per heavy atom. The van der Waals surface area contributed by atoms with E-state index in [1.165, 1.54) is 141 Å². The fourth-order valence-electron chi connectivity index (χ4n) is 6.98. The number of methoxy groups -OCH3 is 1. The maximum absolute atomic E-state index is 13.2. The summed E-state index contributed by atoms with van der Waals surface area (Å²) >= 11 is 0. The highest BCUT2D eigenvalue weighted by molar-refractivity contribution is 5.78. The van der Waals surface area contributed by atoms with Gasteiger partial charge in [0, 0.05) is 19.6 Å². The van der Waals surface area contributed by atoms with E-state index in [2.05, 4.69) is 60.7 Å². The van der Waals surface area contributed by atoms with Crippen molar-refractivity contribution >= 4 is 5.91 Å². The summed E-state index contributed by atoms with van der Waals surface area (Å²) < 4.78 is 11.8. The minimum Gasteiger partial charge on any atom is -0.379 e. The Balaban J connectivity index is 4.54. The first-order valence-corrected chi connectivity index (χ1v) is 20.4. The largest absolute Gasteiger partial charge is 0.379 e. The summed E-state index contributed by atoms with van der Waals surface area (Å²) in [5.74, 6) is 1.33. The summed E-state index contributed by atoms with van der Waals surface area (Å²) in [5.41, 5.74) is -0.359. The van der Waals surface area contributed by atoms with Crippen molar-refractivity contribution in [2.75, 3.05) is 20.3 Å². The van der Waals surface area contributed by atoms with Crippen LogP contribution in [0, 0.1) is 17.8 Å². The molecule has 4 nitrogen and oxygen atoms in total. The normalized spacial score (nSPS) is 13.8. The Labute approximate surface area is 290 Å². The van der Waals surface area contributed by atoms with Crippen molar-refractivity contribution in [3.8, 4) is 0 Å². The minimum absolute atomic E-state index is 0.0357. The van der Waals surface area contributed by atoms with Gasteiger partial charge in [0.1, 0.15) is 0 Å². The molecule has 0 heterocycles. The lowest BCUT2D eigenvalue weighted by Crippen LogP contribution is -2.35. The first-order chi connectivity index (χ1) is 22.0. The Kier molecular flexibility index (Phi) is 28.9. The monoisotopic (exact) mass is 652 g/mol. The van der Waals surface area contributed by atoms with Crippen LogP contribution in [-0.4, -0.2) is 37.4 Å². The molecule has 0 saturated heterocycles. The van der Waals surface area contributed by atoms with Gasteiger partial charge in [-0.05, 0) is 71.6 Å². The van der Waals surface area contributed by atoms with Crippen molar-refractivity contribution in [2.45, 2.75) is 227 Å². The predicted molar refractivity (Wildman–Crippen MR) is 203 cm³/mol. The van der Waals surface area contributed by atoms with Crippen LogP contribution in [0.5, 0.6) is 0 Å². The van der Waals surface area contributed by atoms with Gasteiger partial charge in [-0.2, -0.15) is 0 Å². The highest BCUT2D eigenvalue weighted by atomic mass is 16.5. The van der Waals surface area contributed by atoms with E-state index in [0.717, 1.165) is 25.8 Å². The molecule has 0 aromatic heterocycles. The van der Waals surface area contributed by atoms with Crippen molar-refractivity contribution in [2.24, 2.45) is 17.8 Å². The Morgan fingerprint density at radius 2 is 1.04 bits per heavy atom. The van der Waals surface area contributed by atoms with E-state index >= 15 is 0 Å². The van der Waals surface area contributed by atoms with Gasteiger partial charge in [0.05, 0.1) is 17.8 Å². The van der Waals surface area contributed by atoms with Crippen LogP contribution in [-0.2, 0) is 14.3 Å². The van der Waals surface area contributed by atoms with E-state index in [1.54, 1.807) is 7.11 Å². The molecule has 46 heavy (non-hydrogen) atoms. The molecule has 0 rings (SSSR count). The second-order valence-electron chi connectivity index (χ2n) is 16.3. The third-order valence-corrected chi connectivity index (χ3v) is 10.3. The zero-order valence-electron chi connectivity index (χ0n) is 33.0. The van der Waals surface area contributed by atoms with Crippen LogP contribution in [0.25, 0.3) is 0 Å². The molecule has 0 aromatic rings. The van der Waals surface area contributed by atoms with Crippen LogP contribution in [0.3, 0.4) is 0 Å². The molecule has 0 bridgehead atoms. The number of amides is 1. The van der Waals surface area contributed by atoms with Crippen molar-refractivity contribution in [1.29, 1.82) is 0 Å². The molecule has 0 fully saturated rings. The van der Waals surface area contributed by atoms with Gasteiger partial charge in [-0.3, -0.25) is 4.79 Å². The van der Waals surface area contributed by atoms with Crippen molar-refractivity contribution in [3.63, 3.8) is 0 Å². The van der Waals surface area contributed by atoms with Crippen LogP contribution in [0.15, 0.2) is 0 Å². The second-order valence-corrected chi connectivity index (χ2v) is 16.3. The molecule has 0 aliphatic heterocycles. The van der Waals surface area contributed by atoms with Gasteiger partial charge in [0.2, 0.25) is 5.91 Å². The molecule has 2 atom stereocenters. The van der Waals surface area contributed by atoms with E-state index in [-0.39, 0.29) is 23.0 Å². The summed E-state index contributed by atoms with van der Waals surface area (Å²) in [4.78, 5) is 13.2. The lowest BCUT2D eigenvalue weighted by molar-refractivity contribution is -0.125. The summed E-state index contributed by atoms with van der Waals surface area (Å²) in [6, 6.07) is 0. The van der Waals surface area contributed by atoms with E-state index in [9.17, 15) is 4.79 Å². The third-order valence-electron chi connectivity index (χ3n) is 10.3. The predicted octanol–water partition coefficient (Wildman–Crippen LogP) is 13.0. The molecular weight excluding hydrogens is 566 g/mol. The number of rotatable bonds is 34. The van der Waals surface area contributed by atoms with Crippen molar-refractivity contribution < 1.29 is 14.3 Å². The fraction of sp³-hybridized carbons (Fsp3) is 0.976. The molecular formula is C42H85NO3. The second kappa shape index (κ2) is 29.3. The van der Waals surface area contributed by atoms with Gasteiger partial charge < -0.3 is 14.8 Å². The van der Waals surface area contributed by atoms with Crippen molar-refractivity contribution in [3.05, 3.63) is 0 Å². The fourth-order valence-corrected chi connectivity index (χ4v) is 6.98. The van der Waals surface area contributed by atoms with E-state index in [1.807, 2.05) is 0 Å². The highest BCUT2D eigenvalue weighted by Crippen LogP contribution is 2.27. The van der Waals surface area contributed by atoms with Crippen LogP contribution in [0.4, 0.5) is 0 Å².